The average molecular weight is 167 g/mol. The van der Waals surface area contributed by atoms with Crippen LogP contribution in [0.3, 0.4) is 0 Å². The molecule has 0 fully saturated rings. The smallest absolute Gasteiger partial charge is 0.00804 e. The Morgan fingerprint density at radius 3 is 2.50 bits per heavy atom. The van der Waals surface area contributed by atoms with Crippen molar-refractivity contribution < 1.29 is 0 Å². The molecule has 70 valence electrons. The highest BCUT2D eigenvalue weighted by Crippen LogP contribution is 2.37. The minimum absolute atomic E-state index is 0.727. The summed E-state index contributed by atoms with van der Waals surface area (Å²) >= 11 is 0. The second-order valence-corrected chi connectivity index (χ2v) is 3.87. The van der Waals surface area contributed by atoms with Gasteiger partial charge in [0.1, 0.15) is 0 Å². The molecule has 2 unspecified atom stereocenters. The second-order valence-electron chi connectivity index (χ2n) is 3.87. The molecule has 0 spiro atoms. The molecule has 12 heavy (non-hydrogen) atoms. The van der Waals surface area contributed by atoms with Crippen molar-refractivity contribution >= 4 is 0 Å². The van der Waals surface area contributed by atoms with Gasteiger partial charge in [0.2, 0.25) is 0 Å². The molecular formula is C11H21N. The van der Waals surface area contributed by atoms with Crippen LogP contribution < -0.4 is 5.73 Å². The summed E-state index contributed by atoms with van der Waals surface area (Å²) in [6.07, 6.45) is 8.81. The minimum Gasteiger partial charge on any atom is -0.402 e. The van der Waals surface area contributed by atoms with Gasteiger partial charge in [-0.05, 0) is 18.8 Å². The van der Waals surface area contributed by atoms with Crippen molar-refractivity contribution in [2.75, 3.05) is 0 Å². The standard InChI is InChI=1S/C11H21N/c1-3-5-7-10-9(6-4-2)8-11(10)12/h8-10H,3-7,12H2,1-2H3. The maximum atomic E-state index is 5.85. The molecule has 1 heteroatoms. The number of allylic oxidation sites excluding steroid dienone is 2. The van der Waals surface area contributed by atoms with Crippen LogP contribution in [0.4, 0.5) is 0 Å². The van der Waals surface area contributed by atoms with Gasteiger partial charge in [-0.1, -0.05) is 39.2 Å². The third-order valence-electron chi connectivity index (χ3n) is 2.84. The van der Waals surface area contributed by atoms with E-state index in [0.29, 0.717) is 0 Å². The number of unbranched alkanes of at least 4 members (excludes halogenated alkanes) is 1. The molecule has 0 radical (unpaired) electrons. The molecule has 1 aliphatic rings. The topological polar surface area (TPSA) is 26.0 Å². The summed E-state index contributed by atoms with van der Waals surface area (Å²) in [5, 5.41) is 0. The van der Waals surface area contributed by atoms with Gasteiger partial charge >= 0.3 is 0 Å². The number of hydrogen-bond acceptors (Lipinski definition) is 1. The van der Waals surface area contributed by atoms with Gasteiger partial charge in [-0.25, -0.2) is 0 Å². The molecule has 1 nitrogen and oxygen atoms in total. The molecule has 0 aromatic carbocycles. The van der Waals surface area contributed by atoms with Gasteiger partial charge in [0.25, 0.3) is 0 Å². The Labute approximate surface area is 76.0 Å². The van der Waals surface area contributed by atoms with E-state index < -0.39 is 0 Å². The number of hydrogen-bond donors (Lipinski definition) is 1. The molecule has 0 heterocycles. The van der Waals surface area contributed by atoms with Crippen molar-refractivity contribution in [2.45, 2.75) is 46.0 Å². The van der Waals surface area contributed by atoms with Crippen molar-refractivity contribution in [3.8, 4) is 0 Å². The first kappa shape index (κ1) is 9.63. The molecule has 0 aliphatic heterocycles. The maximum Gasteiger partial charge on any atom is 0.00804 e. The van der Waals surface area contributed by atoms with Crippen molar-refractivity contribution in [1.82, 2.24) is 0 Å². The zero-order chi connectivity index (χ0) is 8.97. The van der Waals surface area contributed by atoms with E-state index in [2.05, 4.69) is 19.9 Å². The molecule has 0 aromatic heterocycles. The molecule has 0 saturated carbocycles. The monoisotopic (exact) mass is 167 g/mol. The van der Waals surface area contributed by atoms with Crippen LogP contribution in [0, 0.1) is 11.8 Å². The fourth-order valence-corrected chi connectivity index (χ4v) is 2.04. The Hall–Kier alpha value is -0.460. The highest BCUT2D eigenvalue weighted by Gasteiger charge is 2.28. The number of rotatable bonds is 5. The second kappa shape index (κ2) is 4.54. The lowest BCUT2D eigenvalue weighted by atomic mass is 9.74. The third kappa shape index (κ3) is 2.02. The summed E-state index contributed by atoms with van der Waals surface area (Å²) in [4.78, 5) is 0. The van der Waals surface area contributed by atoms with Crippen LogP contribution in [0.5, 0.6) is 0 Å². The molecule has 0 saturated heterocycles. The SMILES string of the molecule is CCCCC1C(N)=CC1CCC. The van der Waals surface area contributed by atoms with E-state index in [1.807, 2.05) is 0 Å². The van der Waals surface area contributed by atoms with E-state index in [1.165, 1.54) is 32.1 Å². The lowest BCUT2D eigenvalue weighted by molar-refractivity contribution is 0.336. The van der Waals surface area contributed by atoms with Crippen LogP contribution in [-0.4, -0.2) is 0 Å². The van der Waals surface area contributed by atoms with Crippen LogP contribution in [-0.2, 0) is 0 Å². The van der Waals surface area contributed by atoms with E-state index in [0.717, 1.165) is 17.5 Å². The van der Waals surface area contributed by atoms with Crippen molar-refractivity contribution in [3.05, 3.63) is 11.8 Å². The van der Waals surface area contributed by atoms with E-state index in [4.69, 9.17) is 5.73 Å². The zero-order valence-corrected chi connectivity index (χ0v) is 8.34. The largest absolute Gasteiger partial charge is 0.402 e. The van der Waals surface area contributed by atoms with Crippen LogP contribution >= 0.6 is 0 Å². The van der Waals surface area contributed by atoms with E-state index in [1.54, 1.807) is 0 Å². The van der Waals surface area contributed by atoms with Gasteiger partial charge in [-0.2, -0.15) is 0 Å². The van der Waals surface area contributed by atoms with Crippen LogP contribution in [0.25, 0.3) is 0 Å². The van der Waals surface area contributed by atoms with E-state index in [-0.39, 0.29) is 0 Å². The predicted octanol–water partition coefficient (Wildman–Crippen LogP) is 3.07. The third-order valence-corrected chi connectivity index (χ3v) is 2.84. The minimum atomic E-state index is 0.727. The molecule has 2 atom stereocenters. The highest BCUT2D eigenvalue weighted by atomic mass is 14.6. The Morgan fingerprint density at radius 2 is 2.00 bits per heavy atom. The summed E-state index contributed by atoms with van der Waals surface area (Å²) < 4.78 is 0. The lowest BCUT2D eigenvalue weighted by Crippen LogP contribution is -2.29. The quantitative estimate of drug-likeness (QED) is 0.669. The summed E-state index contributed by atoms with van der Waals surface area (Å²) in [5.74, 6) is 1.53. The van der Waals surface area contributed by atoms with Gasteiger partial charge in [-0.15, -0.1) is 0 Å². The zero-order valence-electron chi connectivity index (χ0n) is 8.34. The van der Waals surface area contributed by atoms with Crippen LogP contribution in [0.2, 0.25) is 0 Å². The lowest BCUT2D eigenvalue weighted by Gasteiger charge is -2.34. The predicted molar refractivity (Wildman–Crippen MR) is 53.7 cm³/mol. The molecular weight excluding hydrogens is 146 g/mol. The molecule has 1 rings (SSSR count). The average Bonchev–Trinajstić information content (AvgIpc) is 2.05. The van der Waals surface area contributed by atoms with E-state index in [9.17, 15) is 0 Å². The Morgan fingerprint density at radius 1 is 1.25 bits per heavy atom. The molecule has 2 N–H and O–H groups in total. The highest BCUT2D eigenvalue weighted by molar-refractivity contribution is 5.18. The van der Waals surface area contributed by atoms with Gasteiger partial charge in [-0.3, -0.25) is 0 Å². The van der Waals surface area contributed by atoms with Crippen molar-refractivity contribution in [2.24, 2.45) is 17.6 Å². The molecule has 0 bridgehead atoms. The molecule has 0 aromatic rings. The summed E-state index contributed by atoms with van der Waals surface area (Å²) in [5.41, 5.74) is 7.00. The van der Waals surface area contributed by atoms with Crippen molar-refractivity contribution in [1.29, 1.82) is 0 Å². The summed E-state index contributed by atoms with van der Waals surface area (Å²) in [6.45, 7) is 4.49. The fourth-order valence-electron chi connectivity index (χ4n) is 2.04. The maximum absolute atomic E-state index is 5.85. The Kier molecular flexibility index (Phi) is 3.64. The molecule has 0 amide bonds. The van der Waals surface area contributed by atoms with Crippen molar-refractivity contribution in [3.63, 3.8) is 0 Å². The first-order valence-corrected chi connectivity index (χ1v) is 5.26. The Bertz CT molecular complexity index is 160. The summed E-state index contributed by atoms with van der Waals surface area (Å²) in [6, 6.07) is 0. The van der Waals surface area contributed by atoms with E-state index >= 15 is 0 Å². The normalized spacial score (nSPS) is 28.0. The molecule has 1 aliphatic carbocycles. The Balaban J connectivity index is 2.28. The van der Waals surface area contributed by atoms with Gasteiger partial charge in [0.05, 0.1) is 0 Å². The first-order chi connectivity index (χ1) is 5.79. The first-order valence-electron chi connectivity index (χ1n) is 5.26. The van der Waals surface area contributed by atoms with Gasteiger partial charge in [0, 0.05) is 11.6 Å². The summed E-state index contributed by atoms with van der Waals surface area (Å²) in [7, 11) is 0. The fraction of sp³-hybridized carbons (Fsp3) is 0.818. The van der Waals surface area contributed by atoms with Gasteiger partial charge in [0.15, 0.2) is 0 Å². The van der Waals surface area contributed by atoms with Crippen LogP contribution in [0.15, 0.2) is 11.8 Å². The number of nitrogens with two attached hydrogens (primary N) is 1. The van der Waals surface area contributed by atoms with Gasteiger partial charge < -0.3 is 5.73 Å². The van der Waals surface area contributed by atoms with Crippen LogP contribution in [0.1, 0.15) is 46.0 Å².